The van der Waals surface area contributed by atoms with Crippen LogP contribution in [0.4, 0.5) is 4.79 Å². The summed E-state index contributed by atoms with van der Waals surface area (Å²) in [5, 5.41) is 21.5. The first-order chi connectivity index (χ1) is 12.4. The minimum atomic E-state index is -1.71. The summed E-state index contributed by atoms with van der Waals surface area (Å²) >= 11 is 0. The van der Waals surface area contributed by atoms with E-state index in [1.165, 1.54) is 6.08 Å². The molecule has 1 aromatic rings. The molecule has 7 nitrogen and oxygen atoms in total. The van der Waals surface area contributed by atoms with Crippen molar-refractivity contribution in [3.05, 3.63) is 48.0 Å². The number of benzene rings is 1. The van der Waals surface area contributed by atoms with E-state index in [2.05, 4.69) is 11.9 Å². The van der Waals surface area contributed by atoms with Crippen molar-refractivity contribution in [2.24, 2.45) is 0 Å². The molecule has 2 atom stereocenters. The number of nitrogens with one attached hydrogen (secondary N) is 1. The van der Waals surface area contributed by atoms with E-state index in [4.69, 9.17) is 4.74 Å². The maximum absolute atomic E-state index is 12.0. The van der Waals surface area contributed by atoms with Gasteiger partial charge in [0.1, 0.15) is 6.61 Å². The first-order valence-electron chi connectivity index (χ1n) is 8.68. The van der Waals surface area contributed by atoms with Gasteiger partial charge in [-0.15, -0.1) is 0 Å². The number of carbonyl (C=O) groups is 2. The van der Waals surface area contributed by atoms with Gasteiger partial charge in [-0.05, 0) is 37.8 Å². The third kappa shape index (κ3) is 5.61. The Labute approximate surface area is 153 Å². The molecule has 1 aromatic carbocycles. The van der Waals surface area contributed by atoms with Crippen LogP contribution in [0.5, 0.6) is 0 Å². The molecule has 0 spiro atoms. The maximum atomic E-state index is 12.0. The average Bonchev–Trinajstić information content (AvgIpc) is 3.09. The minimum Gasteiger partial charge on any atom is -0.447 e. The predicted octanol–water partition coefficient (Wildman–Crippen LogP) is 0.821. The highest BCUT2D eigenvalue weighted by molar-refractivity contribution is 6.43. The molecule has 0 aliphatic carbocycles. The second-order valence-electron chi connectivity index (χ2n) is 6.48. The Balaban J connectivity index is 1.86. The summed E-state index contributed by atoms with van der Waals surface area (Å²) in [6, 6.07) is 7.39. The van der Waals surface area contributed by atoms with Gasteiger partial charge in [0.05, 0.1) is 12.0 Å². The number of nitrogens with zero attached hydrogens (tertiary/aromatic N) is 1. The predicted molar refractivity (Wildman–Crippen MR) is 98.3 cm³/mol. The topological polar surface area (TPSA) is 99.1 Å². The van der Waals surface area contributed by atoms with E-state index in [0.29, 0.717) is 6.54 Å². The van der Waals surface area contributed by atoms with Gasteiger partial charge in [0.15, 0.2) is 0 Å². The fourth-order valence-electron chi connectivity index (χ4n) is 2.99. The van der Waals surface area contributed by atoms with Gasteiger partial charge in [-0.1, -0.05) is 36.4 Å². The number of alkyl carbamates (subject to hydrolysis) is 1. The molecule has 2 amide bonds. The van der Waals surface area contributed by atoms with E-state index in [-0.39, 0.29) is 25.0 Å². The van der Waals surface area contributed by atoms with Gasteiger partial charge in [-0.3, -0.25) is 4.79 Å². The number of rotatable bonds is 7. The Morgan fingerprint density at radius 2 is 2.12 bits per heavy atom. The fourth-order valence-corrected chi connectivity index (χ4v) is 2.99. The summed E-state index contributed by atoms with van der Waals surface area (Å²) in [6.45, 7) is 6.11. The number of amides is 2. The molecule has 140 valence electrons. The second-order valence-corrected chi connectivity index (χ2v) is 6.48. The second kappa shape index (κ2) is 9.40. The van der Waals surface area contributed by atoms with Crippen molar-refractivity contribution in [2.75, 3.05) is 13.2 Å². The number of hydrogen-bond donors (Lipinski definition) is 3. The molecule has 0 aromatic heterocycles. The Hall–Kier alpha value is -2.32. The van der Waals surface area contributed by atoms with Gasteiger partial charge in [0.25, 0.3) is 0 Å². The molecule has 8 heteroatoms. The van der Waals surface area contributed by atoms with Crippen molar-refractivity contribution in [2.45, 2.75) is 38.2 Å². The molecule has 3 N–H and O–H groups in total. The van der Waals surface area contributed by atoms with Crippen LogP contribution in [0.2, 0.25) is 0 Å². The highest BCUT2D eigenvalue weighted by Crippen LogP contribution is 2.18. The lowest BCUT2D eigenvalue weighted by atomic mass is 9.76. The zero-order valence-corrected chi connectivity index (χ0v) is 14.9. The average molecular weight is 360 g/mol. The Bertz CT molecular complexity index is 635. The van der Waals surface area contributed by atoms with Crippen LogP contribution in [-0.2, 0) is 16.0 Å². The van der Waals surface area contributed by atoms with Crippen molar-refractivity contribution in [1.82, 2.24) is 10.2 Å². The molecule has 0 saturated carbocycles. The molecule has 1 heterocycles. The van der Waals surface area contributed by atoms with E-state index in [1.54, 1.807) is 4.90 Å². The van der Waals surface area contributed by atoms with Gasteiger partial charge in [-0.2, -0.15) is 0 Å². The zero-order chi connectivity index (χ0) is 19.1. The van der Waals surface area contributed by atoms with Crippen LogP contribution in [0.3, 0.4) is 0 Å². The molecule has 1 fully saturated rings. The first-order valence-corrected chi connectivity index (χ1v) is 8.68. The van der Waals surface area contributed by atoms with Crippen molar-refractivity contribution in [3.8, 4) is 0 Å². The highest BCUT2D eigenvalue weighted by Gasteiger charge is 2.30. The van der Waals surface area contributed by atoms with E-state index >= 15 is 0 Å². The molecule has 1 unspecified atom stereocenters. The standard InChI is InChI=1S/C18H25BN2O5/c1-3-17(22)21-10-4-5-15(21)12-26-18(23)20-16(19(24)25)11-14-8-6-13(2)7-9-14/h3,6-9,15-16,24-25H,1,4-5,10-12H2,2H3,(H,20,23)/t15?,16-/m0/s1. The Morgan fingerprint density at radius 1 is 1.42 bits per heavy atom. The molecule has 1 aliphatic rings. The van der Waals surface area contributed by atoms with Gasteiger partial charge in [0.2, 0.25) is 5.91 Å². The summed E-state index contributed by atoms with van der Waals surface area (Å²) < 4.78 is 5.19. The third-order valence-corrected chi connectivity index (χ3v) is 4.48. The van der Waals surface area contributed by atoms with Gasteiger partial charge in [0, 0.05) is 6.54 Å². The van der Waals surface area contributed by atoms with E-state index in [1.807, 2.05) is 31.2 Å². The number of carbonyl (C=O) groups excluding carboxylic acids is 2. The Morgan fingerprint density at radius 3 is 2.73 bits per heavy atom. The minimum absolute atomic E-state index is 0.0597. The molecule has 0 radical (unpaired) electrons. The van der Waals surface area contributed by atoms with Gasteiger partial charge < -0.3 is 25.0 Å². The van der Waals surface area contributed by atoms with Crippen LogP contribution in [0, 0.1) is 6.92 Å². The lowest BCUT2D eigenvalue weighted by Gasteiger charge is -2.24. The number of aryl methyl sites for hydroxylation is 1. The molecule has 1 saturated heterocycles. The normalized spacial score (nSPS) is 17.5. The number of hydrogen-bond acceptors (Lipinski definition) is 5. The molecular formula is C18H25BN2O5. The van der Waals surface area contributed by atoms with Gasteiger partial charge in [-0.25, -0.2) is 4.79 Å². The van der Waals surface area contributed by atoms with Crippen LogP contribution in [-0.4, -0.2) is 59.2 Å². The summed E-state index contributed by atoms with van der Waals surface area (Å²) in [4.78, 5) is 25.4. The van der Waals surface area contributed by atoms with Crippen molar-refractivity contribution >= 4 is 19.1 Å². The number of ether oxygens (including phenoxy) is 1. The SMILES string of the molecule is C=CC(=O)N1CCCC1COC(=O)N[C@@H](Cc1ccc(C)cc1)B(O)O. The maximum Gasteiger partial charge on any atom is 0.475 e. The number of likely N-dealkylation sites (tertiary alicyclic amines) is 1. The van der Waals surface area contributed by atoms with Crippen molar-refractivity contribution < 1.29 is 24.4 Å². The van der Waals surface area contributed by atoms with Crippen LogP contribution >= 0.6 is 0 Å². The lowest BCUT2D eigenvalue weighted by molar-refractivity contribution is -0.127. The van der Waals surface area contributed by atoms with Gasteiger partial charge >= 0.3 is 13.2 Å². The smallest absolute Gasteiger partial charge is 0.447 e. The van der Waals surface area contributed by atoms with Crippen LogP contribution in [0.15, 0.2) is 36.9 Å². The zero-order valence-electron chi connectivity index (χ0n) is 14.9. The van der Waals surface area contributed by atoms with Crippen LogP contribution in [0.25, 0.3) is 0 Å². The molecule has 26 heavy (non-hydrogen) atoms. The first kappa shape index (κ1) is 20.0. The largest absolute Gasteiger partial charge is 0.475 e. The molecule has 0 bridgehead atoms. The summed E-state index contributed by atoms with van der Waals surface area (Å²) in [6.07, 6.45) is 2.37. The quantitative estimate of drug-likeness (QED) is 0.494. The molecule has 1 aliphatic heterocycles. The summed E-state index contributed by atoms with van der Waals surface area (Å²) in [5.41, 5.74) is 1.96. The van der Waals surface area contributed by atoms with Crippen LogP contribution in [0.1, 0.15) is 24.0 Å². The van der Waals surface area contributed by atoms with E-state index < -0.39 is 19.2 Å². The van der Waals surface area contributed by atoms with Crippen molar-refractivity contribution in [3.63, 3.8) is 0 Å². The molecular weight excluding hydrogens is 335 g/mol. The monoisotopic (exact) mass is 360 g/mol. The van der Waals surface area contributed by atoms with E-state index in [0.717, 1.165) is 24.0 Å². The fraction of sp³-hybridized carbons (Fsp3) is 0.444. The van der Waals surface area contributed by atoms with Crippen LogP contribution < -0.4 is 5.32 Å². The third-order valence-electron chi connectivity index (χ3n) is 4.48. The van der Waals surface area contributed by atoms with E-state index in [9.17, 15) is 19.6 Å². The summed E-state index contributed by atoms with van der Waals surface area (Å²) in [5.74, 6) is -1.07. The highest BCUT2D eigenvalue weighted by atomic mass is 16.5. The van der Waals surface area contributed by atoms with Crippen molar-refractivity contribution in [1.29, 1.82) is 0 Å². The summed E-state index contributed by atoms with van der Waals surface area (Å²) in [7, 11) is -1.71. The lowest BCUT2D eigenvalue weighted by Crippen LogP contribution is -2.48. The molecule has 2 rings (SSSR count). The Kier molecular flexibility index (Phi) is 7.23.